The zero-order valence-electron chi connectivity index (χ0n) is 24.1. The Hall–Kier alpha value is -3.45. The predicted octanol–water partition coefficient (Wildman–Crippen LogP) is 5.63. The standard InChI is InChI=1S/C33H36O7/c1-17(2)8-9-21-27-20(11-12-30(4,5)38-27)25(35)24-26(36)22-14-19-15-23-31(6,7)40-32(29(19)37,13-10-18(3)16-34)33(22,23)39-28(21)24/h8,10-12,14,16,19,23,35H,9,13,15H2,1-7H3/b18-10+. The largest absolute Gasteiger partial charge is 0.506 e. The van der Waals surface area contributed by atoms with Gasteiger partial charge in [-0.2, -0.15) is 0 Å². The van der Waals surface area contributed by atoms with Crippen molar-refractivity contribution in [2.75, 3.05) is 0 Å². The van der Waals surface area contributed by atoms with Gasteiger partial charge < -0.3 is 19.3 Å². The van der Waals surface area contributed by atoms with Crippen molar-refractivity contribution >= 4 is 23.9 Å². The number of hydrogen-bond acceptors (Lipinski definition) is 7. The molecule has 7 rings (SSSR count). The molecule has 1 aromatic rings. The number of aromatic hydroxyl groups is 1. The molecule has 0 radical (unpaired) electrons. The highest BCUT2D eigenvalue weighted by atomic mass is 16.6. The van der Waals surface area contributed by atoms with Crippen LogP contribution < -0.4 is 9.47 Å². The Bertz CT molecular complexity index is 1510. The Balaban J connectivity index is 1.67. The SMILES string of the molecule is CC(C)=CCc1c2c(c(O)c3c1OC14C(=CC5CC1C(C)(C)OC4(C/C=C(\C)C=O)C5=O)C3=O)C=CC(C)(C)O2. The Morgan fingerprint density at radius 3 is 2.48 bits per heavy atom. The summed E-state index contributed by atoms with van der Waals surface area (Å²) in [5.41, 5.74) is -1.26. The maximum absolute atomic E-state index is 14.5. The molecule has 6 aliphatic rings. The van der Waals surface area contributed by atoms with Crippen molar-refractivity contribution in [1.29, 1.82) is 0 Å². The van der Waals surface area contributed by atoms with E-state index in [2.05, 4.69) is 0 Å². The van der Waals surface area contributed by atoms with Crippen molar-refractivity contribution in [2.45, 2.75) is 90.1 Å². The van der Waals surface area contributed by atoms with Crippen molar-refractivity contribution in [2.24, 2.45) is 11.8 Å². The number of aldehydes is 1. The third kappa shape index (κ3) is 3.30. The molecule has 1 spiro atoms. The molecule has 0 aromatic heterocycles. The van der Waals surface area contributed by atoms with Gasteiger partial charge in [-0.05, 0) is 79.0 Å². The first-order valence-electron chi connectivity index (χ1n) is 13.9. The van der Waals surface area contributed by atoms with Gasteiger partial charge in [0.15, 0.2) is 22.8 Å². The lowest BCUT2D eigenvalue weighted by Gasteiger charge is -2.56. The third-order valence-electron chi connectivity index (χ3n) is 9.23. The van der Waals surface area contributed by atoms with Crippen LogP contribution in [0.15, 0.2) is 41.0 Å². The van der Waals surface area contributed by atoms with Gasteiger partial charge in [-0.25, -0.2) is 0 Å². The maximum atomic E-state index is 14.5. The molecule has 3 heterocycles. The normalized spacial score (nSPS) is 31.9. The number of benzene rings is 1. The van der Waals surface area contributed by atoms with E-state index in [1.807, 2.05) is 53.7 Å². The van der Waals surface area contributed by atoms with Crippen molar-refractivity contribution < 1.29 is 33.7 Å². The highest BCUT2D eigenvalue weighted by Gasteiger charge is 2.81. The second kappa shape index (κ2) is 8.29. The first kappa shape index (κ1) is 26.8. The molecule has 0 amide bonds. The number of carbonyl (C=O) groups is 3. The second-order valence-corrected chi connectivity index (χ2v) is 13.1. The van der Waals surface area contributed by atoms with Crippen molar-refractivity contribution in [1.82, 2.24) is 0 Å². The smallest absolute Gasteiger partial charge is 0.200 e. The lowest BCUT2D eigenvalue weighted by molar-refractivity contribution is -0.171. The molecule has 4 atom stereocenters. The van der Waals surface area contributed by atoms with Gasteiger partial charge in [0, 0.05) is 29.4 Å². The summed E-state index contributed by atoms with van der Waals surface area (Å²) in [6, 6.07) is 0. The minimum Gasteiger partial charge on any atom is -0.506 e. The minimum atomic E-state index is -1.49. The molecule has 1 saturated heterocycles. The molecule has 1 N–H and O–H groups in total. The first-order chi connectivity index (χ1) is 18.7. The van der Waals surface area contributed by atoms with Crippen LogP contribution in [0.1, 0.15) is 82.8 Å². The van der Waals surface area contributed by atoms with Gasteiger partial charge in [0.05, 0.1) is 11.2 Å². The van der Waals surface area contributed by atoms with E-state index in [0.29, 0.717) is 40.9 Å². The van der Waals surface area contributed by atoms with E-state index < -0.39 is 28.3 Å². The average molecular weight is 545 g/mol. The first-order valence-corrected chi connectivity index (χ1v) is 13.9. The van der Waals surface area contributed by atoms with Crippen LogP contribution in [0.4, 0.5) is 0 Å². The van der Waals surface area contributed by atoms with Crippen LogP contribution in [0.5, 0.6) is 17.2 Å². The molecule has 1 saturated carbocycles. The monoisotopic (exact) mass is 544 g/mol. The number of phenols is 1. The Morgan fingerprint density at radius 2 is 1.80 bits per heavy atom. The lowest BCUT2D eigenvalue weighted by Crippen LogP contribution is -2.72. The van der Waals surface area contributed by atoms with E-state index in [-0.39, 0.29) is 41.0 Å². The van der Waals surface area contributed by atoms with Crippen LogP contribution in [0.3, 0.4) is 0 Å². The van der Waals surface area contributed by atoms with E-state index in [1.165, 1.54) is 0 Å². The Morgan fingerprint density at radius 1 is 1.07 bits per heavy atom. The third-order valence-corrected chi connectivity index (χ3v) is 9.23. The van der Waals surface area contributed by atoms with E-state index >= 15 is 0 Å². The number of rotatable bonds is 5. The van der Waals surface area contributed by atoms with Gasteiger partial charge in [-0.15, -0.1) is 0 Å². The molecular formula is C33H36O7. The number of ketones is 2. The zero-order valence-corrected chi connectivity index (χ0v) is 24.1. The summed E-state index contributed by atoms with van der Waals surface area (Å²) in [4.78, 5) is 40.1. The van der Waals surface area contributed by atoms with Crippen LogP contribution >= 0.6 is 0 Å². The lowest BCUT2D eigenvalue weighted by atomic mass is 9.51. The molecule has 7 heteroatoms. The van der Waals surface area contributed by atoms with Gasteiger partial charge in [0.25, 0.3) is 0 Å². The van der Waals surface area contributed by atoms with Gasteiger partial charge in [0.2, 0.25) is 0 Å². The van der Waals surface area contributed by atoms with Gasteiger partial charge in [0.1, 0.15) is 34.7 Å². The summed E-state index contributed by atoms with van der Waals surface area (Å²) >= 11 is 0. The number of Topliss-reactive ketones (excluding diaryl/α,β-unsaturated/α-hetero) is 2. The maximum Gasteiger partial charge on any atom is 0.200 e. The molecular weight excluding hydrogens is 508 g/mol. The van der Waals surface area contributed by atoms with Gasteiger partial charge in [-0.3, -0.25) is 14.4 Å². The molecule has 4 bridgehead atoms. The van der Waals surface area contributed by atoms with Crippen molar-refractivity contribution in [3.8, 4) is 17.2 Å². The summed E-state index contributed by atoms with van der Waals surface area (Å²) in [7, 11) is 0. The number of hydrogen-bond donors (Lipinski definition) is 1. The predicted molar refractivity (Wildman–Crippen MR) is 150 cm³/mol. The Labute approximate surface area is 234 Å². The second-order valence-electron chi connectivity index (χ2n) is 13.1. The fourth-order valence-corrected chi connectivity index (χ4v) is 7.41. The molecule has 7 nitrogen and oxygen atoms in total. The summed E-state index contributed by atoms with van der Waals surface area (Å²) in [6.07, 6.45) is 10.8. The van der Waals surface area contributed by atoms with Crippen LogP contribution in [-0.4, -0.2) is 45.4 Å². The number of allylic oxidation sites excluding steroid dienone is 4. The van der Waals surface area contributed by atoms with Gasteiger partial charge >= 0.3 is 0 Å². The number of fused-ring (bicyclic) bond motifs is 2. The molecule has 3 aliphatic carbocycles. The summed E-state index contributed by atoms with van der Waals surface area (Å²) in [5.74, 6) is -0.814. The minimum absolute atomic E-state index is 0.0905. The van der Waals surface area contributed by atoms with Crippen LogP contribution in [0, 0.1) is 11.8 Å². The van der Waals surface area contributed by atoms with Crippen molar-refractivity contribution in [3.63, 3.8) is 0 Å². The Kier molecular flexibility index (Phi) is 5.54. The van der Waals surface area contributed by atoms with Gasteiger partial charge in [-0.1, -0.05) is 23.8 Å². The van der Waals surface area contributed by atoms with E-state index in [4.69, 9.17) is 14.2 Å². The van der Waals surface area contributed by atoms with Crippen LogP contribution in [0.25, 0.3) is 6.08 Å². The molecule has 40 heavy (non-hydrogen) atoms. The molecule has 1 aromatic carbocycles. The number of carbonyl (C=O) groups excluding carboxylic acids is 3. The molecule has 2 fully saturated rings. The summed E-state index contributed by atoms with van der Waals surface area (Å²) < 4.78 is 20.2. The fraction of sp³-hybridized carbons (Fsp3) is 0.485. The highest BCUT2D eigenvalue weighted by molar-refractivity contribution is 6.19. The zero-order chi connectivity index (χ0) is 29.0. The highest BCUT2D eigenvalue weighted by Crippen LogP contribution is 2.68. The summed E-state index contributed by atoms with van der Waals surface area (Å²) in [6.45, 7) is 13.4. The quantitative estimate of drug-likeness (QED) is 0.292. The van der Waals surface area contributed by atoms with E-state index in [9.17, 15) is 19.5 Å². The average Bonchev–Trinajstić information content (AvgIpc) is 3.03. The van der Waals surface area contributed by atoms with Crippen LogP contribution in [0.2, 0.25) is 0 Å². The van der Waals surface area contributed by atoms with E-state index in [1.54, 1.807) is 25.2 Å². The molecule has 210 valence electrons. The van der Waals surface area contributed by atoms with Crippen LogP contribution in [-0.2, 0) is 20.7 Å². The van der Waals surface area contributed by atoms with Crippen molar-refractivity contribution in [3.05, 3.63) is 57.7 Å². The fourth-order valence-electron chi connectivity index (χ4n) is 7.41. The van der Waals surface area contributed by atoms with E-state index in [0.717, 1.165) is 11.9 Å². The molecule has 4 unspecified atom stereocenters. The topological polar surface area (TPSA) is 99.1 Å². The number of phenolic OH excluding ortho intramolecular Hbond substituents is 1. The summed E-state index contributed by atoms with van der Waals surface area (Å²) in [5, 5.41) is 11.5. The molecule has 3 aliphatic heterocycles. The number of ether oxygens (including phenoxy) is 3.